The lowest BCUT2D eigenvalue weighted by molar-refractivity contribution is -0.119. The number of carbonyl (C=O) groups excluding carboxylic acids is 2. The fourth-order valence-electron chi connectivity index (χ4n) is 2.88. The van der Waals surface area contributed by atoms with Crippen molar-refractivity contribution in [1.29, 1.82) is 0 Å². The average Bonchev–Trinajstić information content (AvgIpc) is 2.68. The maximum Gasteiger partial charge on any atom is 0.253 e. The third-order valence-electron chi connectivity index (χ3n) is 4.33. The smallest absolute Gasteiger partial charge is 0.253 e. The van der Waals surface area contributed by atoms with Gasteiger partial charge in [-0.1, -0.05) is 60.7 Å². The lowest BCUT2D eigenvalue weighted by Gasteiger charge is -2.16. The number of aromatic nitrogens is 1. The molecule has 136 valence electrons. The van der Waals surface area contributed by atoms with E-state index < -0.39 is 11.9 Å². The minimum absolute atomic E-state index is 0.344. The van der Waals surface area contributed by atoms with Crippen LogP contribution in [-0.2, 0) is 11.2 Å². The first-order chi connectivity index (χ1) is 13.0. The Hall–Kier alpha value is -3.47. The van der Waals surface area contributed by atoms with Crippen molar-refractivity contribution in [3.63, 3.8) is 0 Å². The van der Waals surface area contributed by atoms with E-state index in [0.29, 0.717) is 17.7 Å². The normalized spacial score (nSPS) is 11.6. The SMILES string of the molecule is Cc1nc(-c2ccccc2)ccc1C(=O)NC(Cc1ccccc1)C(N)=O. The topological polar surface area (TPSA) is 85.1 Å². The predicted octanol–water partition coefficient (Wildman–Crippen LogP) is 2.88. The van der Waals surface area contributed by atoms with Gasteiger partial charge in [-0.2, -0.15) is 0 Å². The van der Waals surface area contributed by atoms with Gasteiger partial charge in [0.05, 0.1) is 17.0 Å². The van der Waals surface area contributed by atoms with Gasteiger partial charge in [0, 0.05) is 12.0 Å². The summed E-state index contributed by atoms with van der Waals surface area (Å²) in [4.78, 5) is 29.0. The summed E-state index contributed by atoms with van der Waals surface area (Å²) < 4.78 is 0. The number of amides is 2. The number of benzene rings is 2. The fraction of sp³-hybridized carbons (Fsp3) is 0.136. The molecule has 0 fully saturated rings. The molecule has 3 N–H and O–H groups in total. The first-order valence-corrected chi connectivity index (χ1v) is 8.72. The van der Waals surface area contributed by atoms with Crippen molar-refractivity contribution < 1.29 is 9.59 Å². The summed E-state index contributed by atoms with van der Waals surface area (Å²) in [7, 11) is 0. The number of nitrogens with two attached hydrogens (primary N) is 1. The van der Waals surface area contributed by atoms with Crippen LogP contribution in [0.4, 0.5) is 0 Å². The summed E-state index contributed by atoms with van der Waals surface area (Å²) >= 11 is 0. The zero-order valence-corrected chi connectivity index (χ0v) is 15.1. The Kier molecular flexibility index (Phi) is 5.61. The van der Waals surface area contributed by atoms with Gasteiger partial charge in [-0.3, -0.25) is 14.6 Å². The highest BCUT2D eigenvalue weighted by atomic mass is 16.2. The van der Waals surface area contributed by atoms with E-state index in [0.717, 1.165) is 16.8 Å². The van der Waals surface area contributed by atoms with Gasteiger partial charge in [0.2, 0.25) is 5.91 Å². The number of carbonyl (C=O) groups is 2. The van der Waals surface area contributed by atoms with Gasteiger partial charge >= 0.3 is 0 Å². The van der Waals surface area contributed by atoms with Gasteiger partial charge in [-0.25, -0.2) is 0 Å². The van der Waals surface area contributed by atoms with Gasteiger partial charge < -0.3 is 11.1 Å². The molecule has 0 aliphatic heterocycles. The van der Waals surface area contributed by atoms with Crippen LogP contribution in [0.25, 0.3) is 11.3 Å². The molecule has 2 aromatic carbocycles. The van der Waals surface area contributed by atoms with Crippen LogP contribution in [0.2, 0.25) is 0 Å². The maximum absolute atomic E-state index is 12.7. The summed E-state index contributed by atoms with van der Waals surface area (Å²) in [5.74, 6) is -0.932. The van der Waals surface area contributed by atoms with Crippen LogP contribution in [0, 0.1) is 6.92 Å². The molecule has 3 aromatic rings. The third kappa shape index (κ3) is 4.58. The second-order valence-corrected chi connectivity index (χ2v) is 6.31. The summed E-state index contributed by atoms with van der Waals surface area (Å²) in [5, 5.41) is 2.73. The minimum atomic E-state index is -0.784. The van der Waals surface area contributed by atoms with Crippen molar-refractivity contribution in [2.75, 3.05) is 0 Å². The molecule has 0 aliphatic carbocycles. The molecule has 0 spiro atoms. The van der Waals surface area contributed by atoms with E-state index in [4.69, 9.17) is 5.73 Å². The second-order valence-electron chi connectivity index (χ2n) is 6.31. The second kappa shape index (κ2) is 8.27. The van der Waals surface area contributed by atoms with Crippen LogP contribution < -0.4 is 11.1 Å². The summed E-state index contributed by atoms with van der Waals surface area (Å²) in [6.45, 7) is 1.78. The summed E-state index contributed by atoms with van der Waals surface area (Å²) in [6, 6.07) is 21.9. The van der Waals surface area contributed by atoms with E-state index in [1.165, 1.54) is 0 Å². The molecule has 3 rings (SSSR count). The van der Waals surface area contributed by atoms with Crippen LogP contribution in [-0.4, -0.2) is 22.8 Å². The molecule has 1 atom stereocenters. The predicted molar refractivity (Wildman–Crippen MR) is 105 cm³/mol. The highest BCUT2D eigenvalue weighted by Crippen LogP contribution is 2.18. The monoisotopic (exact) mass is 359 g/mol. The molecule has 2 amide bonds. The lowest BCUT2D eigenvalue weighted by atomic mass is 10.0. The van der Waals surface area contributed by atoms with Crippen molar-refractivity contribution >= 4 is 11.8 Å². The minimum Gasteiger partial charge on any atom is -0.368 e. The Balaban J connectivity index is 1.77. The van der Waals surface area contributed by atoms with Crippen molar-refractivity contribution in [2.45, 2.75) is 19.4 Å². The molecule has 1 aromatic heterocycles. The van der Waals surface area contributed by atoms with Crippen molar-refractivity contribution in [3.8, 4) is 11.3 Å². The molecule has 0 saturated heterocycles. The van der Waals surface area contributed by atoms with Crippen molar-refractivity contribution in [2.24, 2.45) is 5.73 Å². The Morgan fingerprint density at radius 1 is 0.963 bits per heavy atom. The molecule has 0 bridgehead atoms. The zero-order chi connectivity index (χ0) is 19.2. The van der Waals surface area contributed by atoms with Gasteiger partial charge in [-0.15, -0.1) is 0 Å². The third-order valence-corrected chi connectivity index (χ3v) is 4.33. The number of aryl methyl sites for hydroxylation is 1. The van der Waals surface area contributed by atoms with E-state index in [9.17, 15) is 9.59 Å². The van der Waals surface area contributed by atoms with Crippen LogP contribution in [0.3, 0.4) is 0 Å². The van der Waals surface area contributed by atoms with E-state index in [2.05, 4.69) is 10.3 Å². The first kappa shape index (κ1) is 18.3. The van der Waals surface area contributed by atoms with Gasteiger partial charge in [0.1, 0.15) is 6.04 Å². The lowest BCUT2D eigenvalue weighted by Crippen LogP contribution is -2.46. The number of hydrogen-bond donors (Lipinski definition) is 2. The average molecular weight is 359 g/mol. The molecule has 0 radical (unpaired) electrons. The van der Waals surface area contributed by atoms with Crippen molar-refractivity contribution in [1.82, 2.24) is 10.3 Å². The van der Waals surface area contributed by atoms with Crippen LogP contribution in [0.15, 0.2) is 72.8 Å². The van der Waals surface area contributed by atoms with E-state index >= 15 is 0 Å². The first-order valence-electron chi connectivity index (χ1n) is 8.72. The molecular formula is C22H21N3O2. The van der Waals surface area contributed by atoms with Crippen molar-refractivity contribution in [3.05, 3.63) is 89.6 Å². The highest BCUT2D eigenvalue weighted by molar-refractivity contribution is 5.98. The largest absolute Gasteiger partial charge is 0.368 e. The Morgan fingerprint density at radius 2 is 1.59 bits per heavy atom. The van der Waals surface area contributed by atoms with Crippen LogP contribution in [0.1, 0.15) is 21.6 Å². The van der Waals surface area contributed by atoms with E-state index in [-0.39, 0.29) is 5.91 Å². The fourth-order valence-corrected chi connectivity index (χ4v) is 2.88. The summed E-state index contributed by atoms with van der Waals surface area (Å²) in [6.07, 6.45) is 0.344. The molecule has 5 nitrogen and oxygen atoms in total. The van der Waals surface area contributed by atoms with E-state index in [1.54, 1.807) is 19.1 Å². The van der Waals surface area contributed by atoms with E-state index in [1.807, 2.05) is 60.7 Å². The Bertz CT molecular complexity index is 940. The van der Waals surface area contributed by atoms with Crippen LogP contribution in [0.5, 0.6) is 0 Å². The Labute approximate surface area is 158 Å². The van der Waals surface area contributed by atoms with Gasteiger partial charge in [0.15, 0.2) is 0 Å². The molecule has 5 heteroatoms. The highest BCUT2D eigenvalue weighted by Gasteiger charge is 2.21. The number of hydrogen-bond acceptors (Lipinski definition) is 3. The molecule has 0 saturated carbocycles. The molecule has 0 aliphatic rings. The van der Waals surface area contributed by atoms with Gasteiger partial charge in [0.25, 0.3) is 5.91 Å². The zero-order valence-electron chi connectivity index (χ0n) is 15.1. The molecule has 1 heterocycles. The number of pyridine rings is 1. The van der Waals surface area contributed by atoms with Gasteiger partial charge in [-0.05, 0) is 24.6 Å². The standard InChI is InChI=1S/C22H21N3O2/c1-15-18(12-13-19(24-15)17-10-6-3-7-11-17)22(27)25-20(21(23)26)14-16-8-4-2-5-9-16/h2-13,20H,14H2,1H3,(H2,23,26)(H,25,27). The molecule has 27 heavy (non-hydrogen) atoms. The number of nitrogens with zero attached hydrogens (tertiary/aromatic N) is 1. The number of rotatable bonds is 6. The quantitative estimate of drug-likeness (QED) is 0.710. The number of primary amides is 1. The molecule has 1 unspecified atom stereocenters. The Morgan fingerprint density at radius 3 is 2.19 bits per heavy atom. The van der Waals surface area contributed by atoms with Crippen LogP contribution >= 0.6 is 0 Å². The summed E-state index contributed by atoms with van der Waals surface area (Å²) in [5.41, 5.74) is 9.20. The molecular weight excluding hydrogens is 338 g/mol. The maximum atomic E-state index is 12.7. The number of nitrogens with one attached hydrogen (secondary N) is 1.